The molecule has 36 heavy (non-hydrogen) atoms. The van der Waals surface area contributed by atoms with Crippen LogP contribution in [0, 0.1) is 0 Å². The minimum atomic E-state index is -1.05. The zero-order valence-electron chi connectivity index (χ0n) is 20.5. The van der Waals surface area contributed by atoms with Crippen LogP contribution in [0.3, 0.4) is 0 Å². The molecule has 0 radical (unpaired) electrons. The average molecular weight is 491 g/mol. The molecule has 3 aromatic rings. The first-order chi connectivity index (χ1) is 17.4. The highest BCUT2D eigenvalue weighted by atomic mass is 16.5. The molecule has 2 unspecified atom stereocenters. The van der Waals surface area contributed by atoms with Gasteiger partial charge in [0.15, 0.2) is 0 Å². The Kier molecular flexibility index (Phi) is 5.42. The van der Waals surface area contributed by atoms with Gasteiger partial charge in [0.05, 0.1) is 20.3 Å². The maximum absolute atomic E-state index is 13.9. The Bertz CT molecular complexity index is 1350. The van der Waals surface area contributed by atoms with Gasteiger partial charge in [0.1, 0.15) is 23.1 Å². The van der Waals surface area contributed by atoms with Crippen LogP contribution in [-0.2, 0) is 16.0 Å². The number of aromatic nitrogens is 1. The predicted octanol–water partition coefficient (Wildman–Crippen LogP) is 2.88. The van der Waals surface area contributed by atoms with Gasteiger partial charge in [-0.1, -0.05) is 12.1 Å². The number of nitrogens with zero attached hydrogens (tertiary/aromatic N) is 3. The third-order valence-electron chi connectivity index (χ3n) is 7.80. The number of morpholine rings is 1. The number of nitrogens with one attached hydrogen (secondary N) is 1. The lowest BCUT2D eigenvalue weighted by molar-refractivity contribution is -0.133. The van der Waals surface area contributed by atoms with Crippen molar-refractivity contribution in [3.05, 3.63) is 59.3 Å². The summed E-state index contributed by atoms with van der Waals surface area (Å²) in [5.74, 6) is 0.654. The summed E-state index contributed by atoms with van der Waals surface area (Å²) in [7, 11) is 1.63. The molecular weight excluding hydrogens is 460 g/mol. The van der Waals surface area contributed by atoms with Gasteiger partial charge in [0.2, 0.25) is 0 Å². The fourth-order valence-electron chi connectivity index (χ4n) is 5.92. The molecule has 2 N–H and O–H groups in total. The van der Waals surface area contributed by atoms with Crippen molar-refractivity contribution in [3.8, 4) is 11.5 Å². The van der Waals surface area contributed by atoms with Crippen LogP contribution in [0.4, 0.5) is 4.79 Å². The number of aromatic amines is 1. The molecule has 6 rings (SSSR count). The van der Waals surface area contributed by atoms with Gasteiger partial charge in [0, 0.05) is 49.2 Å². The van der Waals surface area contributed by atoms with E-state index in [9.17, 15) is 14.7 Å². The number of amides is 3. The van der Waals surface area contributed by atoms with Crippen molar-refractivity contribution in [3.63, 3.8) is 0 Å². The normalized spacial score (nSPS) is 24.3. The van der Waals surface area contributed by atoms with E-state index < -0.39 is 11.6 Å². The highest BCUT2D eigenvalue weighted by Gasteiger charge is 2.60. The number of urea groups is 1. The number of benzene rings is 2. The first-order valence-corrected chi connectivity index (χ1v) is 12.3. The Labute approximate surface area is 209 Å². The van der Waals surface area contributed by atoms with Crippen LogP contribution < -0.4 is 4.74 Å². The average Bonchev–Trinajstić information content (AvgIpc) is 3.33. The number of methoxy groups -OCH3 is 1. The molecule has 0 saturated carbocycles. The van der Waals surface area contributed by atoms with Crippen LogP contribution >= 0.6 is 0 Å². The van der Waals surface area contributed by atoms with E-state index in [0.29, 0.717) is 32.7 Å². The maximum atomic E-state index is 13.9. The largest absolute Gasteiger partial charge is 0.508 e. The molecule has 3 aliphatic heterocycles. The SMILES string of the molecule is COc1ccc2[nH]c3c(c2c1)CC1(C)C(=O)N(CCN2CCOCC2)C(=O)N1C3c1cccc(O)c1. The molecule has 9 nitrogen and oxygen atoms in total. The summed E-state index contributed by atoms with van der Waals surface area (Å²) in [6.45, 7) is 5.72. The second-order valence-electron chi connectivity index (χ2n) is 9.94. The van der Waals surface area contributed by atoms with Crippen LogP contribution in [0.15, 0.2) is 42.5 Å². The van der Waals surface area contributed by atoms with Gasteiger partial charge in [-0.2, -0.15) is 0 Å². The van der Waals surface area contributed by atoms with Crippen LogP contribution in [0.1, 0.15) is 29.8 Å². The van der Waals surface area contributed by atoms with Gasteiger partial charge in [-0.3, -0.25) is 19.5 Å². The lowest BCUT2D eigenvalue weighted by Crippen LogP contribution is -2.53. The van der Waals surface area contributed by atoms with Crippen LogP contribution in [0.5, 0.6) is 11.5 Å². The summed E-state index contributed by atoms with van der Waals surface area (Å²) in [5.41, 5.74) is 2.46. The molecule has 2 saturated heterocycles. The number of phenolic OH excluding ortho intramolecular Hbond substituents is 1. The number of carbonyl (C=O) groups excluding carboxylic acids is 2. The predicted molar refractivity (Wildman–Crippen MR) is 133 cm³/mol. The minimum absolute atomic E-state index is 0.112. The van der Waals surface area contributed by atoms with E-state index in [1.54, 1.807) is 30.2 Å². The molecule has 0 aliphatic carbocycles. The summed E-state index contributed by atoms with van der Waals surface area (Å²) in [6, 6.07) is 11.9. The standard InChI is InChI=1S/C27H30N4O5/c1-27-16-21-20-15-19(35-2)6-7-22(20)28-23(21)24(17-4-3-5-18(32)14-17)31(27)26(34)30(25(27)33)9-8-29-10-12-36-13-11-29/h3-7,14-15,24,28,32H,8-13,16H2,1-2H3. The first kappa shape index (κ1) is 22.9. The Morgan fingerprint density at radius 2 is 1.94 bits per heavy atom. The Balaban J connectivity index is 1.45. The first-order valence-electron chi connectivity index (χ1n) is 12.3. The van der Waals surface area contributed by atoms with Crippen LogP contribution in [-0.4, -0.2) is 88.8 Å². The number of rotatable bonds is 5. The summed E-state index contributed by atoms with van der Waals surface area (Å²) in [6.07, 6.45) is 0.392. The Morgan fingerprint density at radius 1 is 1.14 bits per heavy atom. The number of fused-ring (bicyclic) bond motifs is 4. The highest BCUT2D eigenvalue weighted by Crippen LogP contribution is 2.49. The third kappa shape index (κ3) is 3.45. The van der Waals surface area contributed by atoms with Gasteiger partial charge in [-0.05, 0) is 48.4 Å². The summed E-state index contributed by atoms with van der Waals surface area (Å²) < 4.78 is 10.9. The molecule has 2 aromatic carbocycles. The zero-order valence-corrected chi connectivity index (χ0v) is 20.5. The second-order valence-corrected chi connectivity index (χ2v) is 9.94. The quantitative estimate of drug-likeness (QED) is 0.534. The van der Waals surface area contributed by atoms with Crippen molar-refractivity contribution >= 4 is 22.8 Å². The number of H-pyrrole nitrogens is 1. The molecule has 2 atom stereocenters. The molecule has 0 bridgehead atoms. The third-order valence-corrected chi connectivity index (χ3v) is 7.80. The lowest BCUT2D eigenvalue weighted by atomic mass is 9.81. The monoisotopic (exact) mass is 490 g/mol. The van der Waals surface area contributed by atoms with Gasteiger partial charge in [-0.15, -0.1) is 0 Å². The van der Waals surface area contributed by atoms with Crippen molar-refractivity contribution in [1.82, 2.24) is 19.7 Å². The fourth-order valence-corrected chi connectivity index (χ4v) is 5.92. The topological polar surface area (TPSA) is 98.3 Å². The van der Waals surface area contributed by atoms with E-state index in [2.05, 4.69) is 9.88 Å². The minimum Gasteiger partial charge on any atom is -0.508 e. The number of hydrogen-bond donors (Lipinski definition) is 2. The molecule has 0 spiro atoms. The van der Waals surface area contributed by atoms with Gasteiger partial charge in [-0.25, -0.2) is 4.79 Å². The smallest absolute Gasteiger partial charge is 0.328 e. The van der Waals surface area contributed by atoms with E-state index in [4.69, 9.17) is 9.47 Å². The van der Waals surface area contributed by atoms with Crippen molar-refractivity contribution in [2.24, 2.45) is 0 Å². The van der Waals surface area contributed by atoms with E-state index in [0.717, 1.165) is 46.6 Å². The number of hydrogen-bond acceptors (Lipinski definition) is 6. The summed E-state index contributed by atoms with van der Waals surface area (Å²) in [4.78, 5) is 36.7. The molecule has 2 fully saturated rings. The van der Waals surface area contributed by atoms with Crippen molar-refractivity contribution in [2.75, 3.05) is 46.5 Å². The fraction of sp³-hybridized carbons (Fsp3) is 0.407. The van der Waals surface area contributed by atoms with E-state index in [1.807, 2.05) is 31.2 Å². The number of phenols is 1. The highest BCUT2D eigenvalue weighted by molar-refractivity contribution is 6.08. The molecule has 9 heteroatoms. The van der Waals surface area contributed by atoms with Gasteiger partial charge < -0.3 is 19.6 Å². The van der Waals surface area contributed by atoms with Crippen molar-refractivity contribution in [2.45, 2.75) is 24.9 Å². The Morgan fingerprint density at radius 3 is 2.69 bits per heavy atom. The lowest BCUT2D eigenvalue weighted by Gasteiger charge is -2.42. The van der Waals surface area contributed by atoms with Crippen LogP contribution in [0.2, 0.25) is 0 Å². The number of imide groups is 1. The molecule has 3 amide bonds. The molecule has 1 aromatic heterocycles. The summed E-state index contributed by atoms with van der Waals surface area (Å²) in [5, 5.41) is 11.3. The Hall–Kier alpha value is -3.56. The van der Waals surface area contributed by atoms with E-state index in [1.165, 1.54) is 4.90 Å². The molecule has 3 aliphatic rings. The van der Waals surface area contributed by atoms with Crippen molar-refractivity contribution < 1.29 is 24.2 Å². The van der Waals surface area contributed by atoms with Crippen LogP contribution in [0.25, 0.3) is 10.9 Å². The number of ether oxygens (including phenoxy) is 2. The van der Waals surface area contributed by atoms with E-state index in [-0.39, 0.29) is 17.7 Å². The van der Waals surface area contributed by atoms with E-state index >= 15 is 0 Å². The number of aromatic hydroxyl groups is 1. The zero-order chi connectivity index (χ0) is 25.0. The number of carbonyl (C=O) groups is 2. The summed E-state index contributed by atoms with van der Waals surface area (Å²) >= 11 is 0. The molecule has 188 valence electrons. The maximum Gasteiger partial charge on any atom is 0.328 e. The molecule has 4 heterocycles. The van der Waals surface area contributed by atoms with Gasteiger partial charge in [0.25, 0.3) is 5.91 Å². The van der Waals surface area contributed by atoms with Crippen molar-refractivity contribution in [1.29, 1.82) is 0 Å². The molecular formula is C27H30N4O5. The second kappa shape index (κ2) is 8.53. The van der Waals surface area contributed by atoms with Gasteiger partial charge >= 0.3 is 6.03 Å².